The van der Waals surface area contributed by atoms with Gasteiger partial charge >= 0.3 is 5.97 Å². The van der Waals surface area contributed by atoms with Crippen LogP contribution in [0.3, 0.4) is 0 Å². The van der Waals surface area contributed by atoms with Crippen LogP contribution in [-0.2, 0) is 14.3 Å². The zero-order valence-corrected chi connectivity index (χ0v) is 8.85. The van der Waals surface area contributed by atoms with Gasteiger partial charge < -0.3 is 9.47 Å². The number of esters is 1. The molecule has 0 radical (unpaired) electrons. The molecule has 3 heteroatoms. The Morgan fingerprint density at radius 3 is 2.46 bits per heavy atom. The third kappa shape index (κ3) is 2.69. The van der Waals surface area contributed by atoms with Gasteiger partial charge in [-0.25, -0.2) is 4.79 Å². The highest BCUT2D eigenvalue weighted by atomic mass is 16.6. The molecule has 1 aliphatic rings. The smallest absolute Gasteiger partial charge is 0.338 e. The van der Waals surface area contributed by atoms with Crippen LogP contribution >= 0.6 is 0 Å². The second kappa shape index (κ2) is 3.29. The largest absolute Gasteiger partial charge is 0.458 e. The fraction of sp³-hybridized carbons (Fsp3) is 0.900. The number of rotatable bonds is 1. The van der Waals surface area contributed by atoms with Crippen LogP contribution in [0.4, 0.5) is 0 Å². The molecule has 0 N–H and O–H groups in total. The molecular formula is C10H18O3. The summed E-state index contributed by atoms with van der Waals surface area (Å²) >= 11 is 0. The first-order chi connectivity index (χ1) is 5.83. The molecule has 1 atom stereocenters. The van der Waals surface area contributed by atoms with Gasteiger partial charge in [0.15, 0.2) is 5.60 Å². The van der Waals surface area contributed by atoms with E-state index in [-0.39, 0.29) is 5.97 Å². The standard InChI is InChI=1S/C10H18O3/c1-9(2,3)13-8(11)10(4)6-5-7-12-10/h5-7H2,1-4H3. The molecule has 0 spiro atoms. The summed E-state index contributed by atoms with van der Waals surface area (Å²) in [7, 11) is 0. The molecule has 1 heterocycles. The quantitative estimate of drug-likeness (QED) is 0.587. The van der Waals surface area contributed by atoms with E-state index in [1.165, 1.54) is 0 Å². The monoisotopic (exact) mass is 186 g/mol. The van der Waals surface area contributed by atoms with Crippen LogP contribution in [0.5, 0.6) is 0 Å². The van der Waals surface area contributed by atoms with E-state index in [0.29, 0.717) is 6.61 Å². The highest BCUT2D eigenvalue weighted by molar-refractivity contribution is 5.79. The van der Waals surface area contributed by atoms with E-state index in [2.05, 4.69) is 0 Å². The predicted octanol–water partition coefficient (Wildman–Crippen LogP) is 1.90. The van der Waals surface area contributed by atoms with Gasteiger partial charge in [-0.15, -0.1) is 0 Å². The molecule has 0 saturated carbocycles. The van der Waals surface area contributed by atoms with Crippen LogP contribution in [0, 0.1) is 0 Å². The topological polar surface area (TPSA) is 35.5 Å². The molecule has 1 unspecified atom stereocenters. The van der Waals surface area contributed by atoms with Crippen molar-refractivity contribution in [2.75, 3.05) is 6.61 Å². The second-order valence-corrected chi connectivity index (χ2v) is 4.68. The maximum Gasteiger partial charge on any atom is 0.338 e. The Kier molecular flexibility index (Phi) is 2.66. The van der Waals surface area contributed by atoms with Gasteiger partial charge in [-0.05, 0) is 40.5 Å². The molecule has 3 nitrogen and oxygen atoms in total. The summed E-state index contributed by atoms with van der Waals surface area (Å²) in [6.07, 6.45) is 1.71. The lowest BCUT2D eigenvalue weighted by Crippen LogP contribution is -2.40. The third-order valence-electron chi connectivity index (χ3n) is 2.05. The molecule has 1 aliphatic heterocycles. The van der Waals surface area contributed by atoms with Crippen molar-refractivity contribution in [2.24, 2.45) is 0 Å². The van der Waals surface area contributed by atoms with Crippen LogP contribution in [0.25, 0.3) is 0 Å². The van der Waals surface area contributed by atoms with Gasteiger partial charge in [-0.1, -0.05) is 0 Å². The molecule has 13 heavy (non-hydrogen) atoms. The molecule has 0 bridgehead atoms. The van der Waals surface area contributed by atoms with Crippen LogP contribution in [0.15, 0.2) is 0 Å². The molecular weight excluding hydrogens is 168 g/mol. The third-order valence-corrected chi connectivity index (χ3v) is 2.05. The molecule has 1 rings (SSSR count). The van der Waals surface area contributed by atoms with Gasteiger partial charge in [-0.3, -0.25) is 0 Å². The normalized spacial score (nSPS) is 28.9. The first-order valence-corrected chi connectivity index (χ1v) is 4.71. The van der Waals surface area contributed by atoms with Gasteiger partial charge in [-0.2, -0.15) is 0 Å². The second-order valence-electron chi connectivity index (χ2n) is 4.68. The number of hydrogen-bond acceptors (Lipinski definition) is 3. The Balaban J connectivity index is 2.57. The maximum absolute atomic E-state index is 11.6. The minimum Gasteiger partial charge on any atom is -0.458 e. The summed E-state index contributed by atoms with van der Waals surface area (Å²) in [5.41, 5.74) is -1.13. The molecule has 0 aromatic heterocycles. The Morgan fingerprint density at radius 2 is 2.08 bits per heavy atom. The van der Waals surface area contributed by atoms with Crippen molar-refractivity contribution in [1.29, 1.82) is 0 Å². The van der Waals surface area contributed by atoms with E-state index in [0.717, 1.165) is 12.8 Å². The number of carbonyl (C=O) groups is 1. The minimum absolute atomic E-state index is 0.238. The van der Waals surface area contributed by atoms with Gasteiger partial charge in [0, 0.05) is 6.61 Å². The van der Waals surface area contributed by atoms with Crippen molar-refractivity contribution in [3.63, 3.8) is 0 Å². The number of ether oxygens (including phenoxy) is 2. The summed E-state index contributed by atoms with van der Waals surface area (Å²) < 4.78 is 10.6. The molecule has 1 saturated heterocycles. The Morgan fingerprint density at radius 1 is 1.46 bits per heavy atom. The molecule has 0 aromatic rings. The molecule has 1 fully saturated rings. The molecule has 0 aliphatic carbocycles. The van der Waals surface area contributed by atoms with Crippen LogP contribution < -0.4 is 0 Å². The van der Waals surface area contributed by atoms with Crippen molar-refractivity contribution in [1.82, 2.24) is 0 Å². The summed E-state index contributed by atoms with van der Waals surface area (Å²) in [6.45, 7) is 8.06. The minimum atomic E-state index is -0.701. The summed E-state index contributed by atoms with van der Waals surface area (Å²) in [6, 6.07) is 0. The van der Waals surface area contributed by atoms with Crippen LogP contribution in [-0.4, -0.2) is 23.8 Å². The lowest BCUT2D eigenvalue weighted by Gasteiger charge is -2.27. The number of hydrogen-bond donors (Lipinski definition) is 0. The van der Waals surface area contributed by atoms with Crippen molar-refractivity contribution < 1.29 is 14.3 Å². The first kappa shape index (κ1) is 10.5. The fourth-order valence-corrected chi connectivity index (χ4v) is 1.33. The average Bonchev–Trinajstić information content (AvgIpc) is 2.33. The van der Waals surface area contributed by atoms with Gasteiger partial charge in [0.05, 0.1) is 0 Å². The maximum atomic E-state index is 11.6. The van der Waals surface area contributed by atoms with E-state index in [1.54, 1.807) is 6.92 Å². The van der Waals surface area contributed by atoms with Gasteiger partial charge in [0.2, 0.25) is 0 Å². The van der Waals surface area contributed by atoms with E-state index in [4.69, 9.17) is 9.47 Å². The van der Waals surface area contributed by atoms with E-state index >= 15 is 0 Å². The summed E-state index contributed by atoms with van der Waals surface area (Å²) in [5, 5.41) is 0. The summed E-state index contributed by atoms with van der Waals surface area (Å²) in [4.78, 5) is 11.6. The summed E-state index contributed by atoms with van der Waals surface area (Å²) in [5.74, 6) is -0.238. The van der Waals surface area contributed by atoms with Crippen molar-refractivity contribution in [3.05, 3.63) is 0 Å². The predicted molar refractivity (Wildman–Crippen MR) is 49.4 cm³/mol. The van der Waals surface area contributed by atoms with Crippen molar-refractivity contribution in [3.8, 4) is 0 Å². The lowest BCUT2D eigenvalue weighted by molar-refractivity contribution is -0.176. The van der Waals surface area contributed by atoms with E-state index < -0.39 is 11.2 Å². The van der Waals surface area contributed by atoms with E-state index in [9.17, 15) is 4.79 Å². The van der Waals surface area contributed by atoms with Crippen molar-refractivity contribution >= 4 is 5.97 Å². The highest BCUT2D eigenvalue weighted by Crippen LogP contribution is 2.28. The van der Waals surface area contributed by atoms with Gasteiger partial charge in [0.25, 0.3) is 0 Å². The average molecular weight is 186 g/mol. The zero-order chi connectivity index (χ0) is 10.1. The Hall–Kier alpha value is -0.570. The Labute approximate surface area is 79.4 Å². The number of carbonyl (C=O) groups excluding carboxylic acids is 1. The lowest BCUT2D eigenvalue weighted by atomic mass is 10.0. The SMILES string of the molecule is CC(C)(C)OC(=O)C1(C)CCCO1. The van der Waals surface area contributed by atoms with Crippen LogP contribution in [0.1, 0.15) is 40.5 Å². The Bertz CT molecular complexity index is 197. The van der Waals surface area contributed by atoms with E-state index in [1.807, 2.05) is 20.8 Å². The van der Waals surface area contributed by atoms with Crippen molar-refractivity contribution in [2.45, 2.75) is 51.7 Å². The van der Waals surface area contributed by atoms with Crippen LogP contribution in [0.2, 0.25) is 0 Å². The van der Waals surface area contributed by atoms with Gasteiger partial charge in [0.1, 0.15) is 5.60 Å². The fourth-order valence-electron chi connectivity index (χ4n) is 1.33. The first-order valence-electron chi connectivity index (χ1n) is 4.71. The zero-order valence-electron chi connectivity index (χ0n) is 8.85. The highest BCUT2D eigenvalue weighted by Gasteiger charge is 2.40. The molecule has 0 amide bonds. The molecule has 0 aromatic carbocycles. The molecule has 76 valence electrons.